The van der Waals surface area contributed by atoms with Gasteiger partial charge in [-0.1, -0.05) is 20.8 Å². The maximum absolute atomic E-state index is 5.39. The molecule has 0 aromatic carbocycles. The highest BCUT2D eigenvalue weighted by atomic mass is 16.5. The van der Waals surface area contributed by atoms with E-state index in [0.717, 1.165) is 6.42 Å². The van der Waals surface area contributed by atoms with Gasteiger partial charge in [0.15, 0.2) is 0 Å². The van der Waals surface area contributed by atoms with E-state index in [9.17, 15) is 0 Å². The van der Waals surface area contributed by atoms with E-state index in [2.05, 4.69) is 34.6 Å². The standard InChI is InChI=1S/C9H20O/c1-7-8(2,3)9(4,5)10-6/h7H2,1-6H3. The predicted octanol–water partition coefficient (Wildman–Crippen LogP) is 2.85. The SMILES string of the molecule is CCC(C)(C)C(C)(C)OC. The van der Waals surface area contributed by atoms with Gasteiger partial charge in [0.25, 0.3) is 0 Å². The Morgan fingerprint density at radius 2 is 1.50 bits per heavy atom. The molecule has 0 heterocycles. The molecule has 0 aromatic rings. The first-order valence-electron chi connectivity index (χ1n) is 3.92. The molecule has 0 aliphatic heterocycles. The summed E-state index contributed by atoms with van der Waals surface area (Å²) in [6, 6.07) is 0. The molecule has 62 valence electrons. The summed E-state index contributed by atoms with van der Waals surface area (Å²) in [6.45, 7) is 10.9. The molecule has 0 radical (unpaired) electrons. The highest BCUT2D eigenvalue weighted by Gasteiger charge is 2.34. The molecule has 0 N–H and O–H groups in total. The molecule has 0 saturated heterocycles. The smallest absolute Gasteiger partial charge is 0.0673 e. The molecule has 0 bridgehead atoms. The molecule has 1 heteroatoms. The summed E-state index contributed by atoms with van der Waals surface area (Å²) in [6.07, 6.45) is 1.15. The first-order chi connectivity index (χ1) is 4.37. The Balaban J connectivity index is 4.28. The summed E-state index contributed by atoms with van der Waals surface area (Å²) in [5.41, 5.74) is 0.253. The van der Waals surface area contributed by atoms with Crippen molar-refractivity contribution in [2.24, 2.45) is 5.41 Å². The summed E-state index contributed by atoms with van der Waals surface area (Å²) < 4.78 is 5.39. The molecular weight excluding hydrogens is 124 g/mol. The maximum Gasteiger partial charge on any atom is 0.0673 e. The highest BCUT2D eigenvalue weighted by molar-refractivity contribution is 4.85. The second kappa shape index (κ2) is 2.91. The Kier molecular flexibility index (Phi) is 2.90. The number of methoxy groups -OCH3 is 1. The third-order valence-electron chi connectivity index (χ3n) is 3.02. The molecule has 10 heavy (non-hydrogen) atoms. The first kappa shape index (κ1) is 9.96. The van der Waals surface area contributed by atoms with Crippen LogP contribution in [0.5, 0.6) is 0 Å². The molecule has 0 unspecified atom stereocenters. The van der Waals surface area contributed by atoms with E-state index in [4.69, 9.17) is 4.74 Å². The molecule has 0 spiro atoms. The average Bonchev–Trinajstić information content (AvgIpc) is 1.88. The Labute approximate surface area is 64.8 Å². The Morgan fingerprint density at radius 3 is 1.60 bits per heavy atom. The number of rotatable bonds is 3. The van der Waals surface area contributed by atoms with E-state index in [0.29, 0.717) is 0 Å². The van der Waals surface area contributed by atoms with Crippen molar-refractivity contribution in [3.63, 3.8) is 0 Å². The van der Waals surface area contributed by atoms with Crippen molar-refractivity contribution in [1.29, 1.82) is 0 Å². The molecule has 0 rings (SSSR count). The molecule has 0 aliphatic carbocycles. The van der Waals surface area contributed by atoms with E-state index in [1.165, 1.54) is 0 Å². The Hall–Kier alpha value is -0.0400. The molecule has 1 nitrogen and oxygen atoms in total. The molecule has 0 fully saturated rings. The van der Waals surface area contributed by atoms with Crippen molar-refractivity contribution in [2.75, 3.05) is 7.11 Å². The lowest BCUT2D eigenvalue weighted by atomic mass is 9.75. The number of hydrogen-bond donors (Lipinski definition) is 0. The summed E-state index contributed by atoms with van der Waals surface area (Å²) in [5, 5.41) is 0. The van der Waals surface area contributed by atoms with E-state index in [1.807, 2.05) is 0 Å². The van der Waals surface area contributed by atoms with Crippen LogP contribution in [0.4, 0.5) is 0 Å². The van der Waals surface area contributed by atoms with E-state index < -0.39 is 0 Å². The third kappa shape index (κ3) is 1.72. The molecule has 0 aromatic heterocycles. The fourth-order valence-corrected chi connectivity index (χ4v) is 0.702. The highest BCUT2D eigenvalue weighted by Crippen LogP contribution is 2.35. The van der Waals surface area contributed by atoms with Crippen molar-refractivity contribution in [3.05, 3.63) is 0 Å². The average molecular weight is 144 g/mol. The van der Waals surface area contributed by atoms with Gasteiger partial charge in [0.2, 0.25) is 0 Å². The second-order valence-electron chi connectivity index (χ2n) is 3.95. The zero-order valence-corrected chi connectivity index (χ0v) is 8.12. The van der Waals surface area contributed by atoms with Gasteiger partial charge < -0.3 is 4.74 Å². The lowest BCUT2D eigenvalue weighted by Gasteiger charge is -2.39. The fourth-order valence-electron chi connectivity index (χ4n) is 0.702. The molecular formula is C9H20O. The van der Waals surface area contributed by atoms with Crippen molar-refractivity contribution in [1.82, 2.24) is 0 Å². The van der Waals surface area contributed by atoms with Crippen LogP contribution in [-0.2, 0) is 4.74 Å². The fraction of sp³-hybridized carbons (Fsp3) is 1.00. The zero-order chi connectivity index (χ0) is 8.41. The van der Waals surface area contributed by atoms with Gasteiger partial charge >= 0.3 is 0 Å². The van der Waals surface area contributed by atoms with Crippen LogP contribution < -0.4 is 0 Å². The predicted molar refractivity (Wildman–Crippen MR) is 45.2 cm³/mol. The normalized spacial score (nSPS) is 13.8. The van der Waals surface area contributed by atoms with Gasteiger partial charge in [-0.3, -0.25) is 0 Å². The van der Waals surface area contributed by atoms with Crippen LogP contribution in [0.15, 0.2) is 0 Å². The quantitative estimate of drug-likeness (QED) is 0.592. The van der Waals surface area contributed by atoms with Gasteiger partial charge in [0, 0.05) is 7.11 Å². The minimum Gasteiger partial charge on any atom is -0.378 e. The van der Waals surface area contributed by atoms with Crippen LogP contribution >= 0.6 is 0 Å². The Morgan fingerprint density at radius 1 is 1.10 bits per heavy atom. The van der Waals surface area contributed by atoms with Crippen LogP contribution in [0.1, 0.15) is 41.0 Å². The monoisotopic (exact) mass is 144 g/mol. The van der Waals surface area contributed by atoms with Crippen LogP contribution in [0, 0.1) is 5.41 Å². The Bertz CT molecular complexity index is 89.3. The maximum atomic E-state index is 5.39. The minimum atomic E-state index is -0.0122. The summed E-state index contributed by atoms with van der Waals surface area (Å²) in [7, 11) is 1.78. The van der Waals surface area contributed by atoms with Crippen molar-refractivity contribution in [3.8, 4) is 0 Å². The van der Waals surface area contributed by atoms with Crippen LogP contribution in [0.25, 0.3) is 0 Å². The third-order valence-corrected chi connectivity index (χ3v) is 3.02. The molecule has 0 amide bonds. The zero-order valence-electron chi connectivity index (χ0n) is 8.12. The van der Waals surface area contributed by atoms with Gasteiger partial charge in [-0.05, 0) is 25.7 Å². The first-order valence-corrected chi connectivity index (χ1v) is 3.92. The summed E-state index contributed by atoms with van der Waals surface area (Å²) in [5.74, 6) is 0. The largest absolute Gasteiger partial charge is 0.378 e. The minimum absolute atomic E-state index is 0.0122. The van der Waals surface area contributed by atoms with Gasteiger partial charge in [-0.2, -0.15) is 0 Å². The van der Waals surface area contributed by atoms with E-state index in [1.54, 1.807) is 7.11 Å². The van der Waals surface area contributed by atoms with Crippen molar-refractivity contribution < 1.29 is 4.74 Å². The number of hydrogen-bond acceptors (Lipinski definition) is 1. The topological polar surface area (TPSA) is 9.23 Å². The molecule has 0 aliphatic rings. The van der Waals surface area contributed by atoms with Crippen LogP contribution in [-0.4, -0.2) is 12.7 Å². The summed E-state index contributed by atoms with van der Waals surface area (Å²) >= 11 is 0. The van der Waals surface area contributed by atoms with Crippen LogP contribution in [0.2, 0.25) is 0 Å². The number of ether oxygens (including phenoxy) is 1. The van der Waals surface area contributed by atoms with E-state index in [-0.39, 0.29) is 11.0 Å². The van der Waals surface area contributed by atoms with Gasteiger partial charge in [0.1, 0.15) is 0 Å². The van der Waals surface area contributed by atoms with Crippen molar-refractivity contribution >= 4 is 0 Å². The summed E-state index contributed by atoms with van der Waals surface area (Å²) in [4.78, 5) is 0. The lowest BCUT2D eigenvalue weighted by molar-refractivity contribution is -0.0723. The van der Waals surface area contributed by atoms with Gasteiger partial charge in [-0.15, -0.1) is 0 Å². The lowest BCUT2D eigenvalue weighted by Crippen LogP contribution is -2.40. The molecule has 0 saturated carbocycles. The van der Waals surface area contributed by atoms with Crippen molar-refractivity contribution in [2.45, 2.75) is 46.6 Å². The van der Waals surface area contributed by atoms with Crippen LogP contribution in [0.3, 0.4) is 0 Å². The molecule has 0 atom stereocenters. The van der Waals surface area contributed by atoms with Gasteiger partial charge in [-0.25, -0.2) is 0 Å². The second-order valence-corrected chi connectivity index (χ2v) is 3.95. The van der Waals surface area contributed by atoms with Gasteiger partial charge in [0.05, 0.1) is 5.60 Å². The van der Waals surface area contributed by atoms with E-state index >= 15 is 0 Å².